The van der Waals surface area contributed by atoms with Crippen LogP contribution in [-0.2, 0) is 17.8 Å². The summed E-state index contributed by atoms with van der Waals surface area (Å²) in [5.74, 6) is 1.72. The van der Waals surface area contributed by atoms with E-state index in [4.69, 9.17) is 14.5 Å². The molecule has 0 unspecified atom stereocenters. The van der Waals surface area contributed by atoms with Crippen molar-refractivity contribution < 1.29 is 13.9 Å². The second-order valence-corrected chi connectivity index (χ2v) is 9.23. The number of rotatable bonds is 9. The summed E-state index contributed by atoms with van der Waals surface area (Å²) in [6.07, 6.45) is 0. The summed E-state index contributed by atoms with van der Waals surface area (Å²) >= 11 is 3.76. The van der Waals surface area contributed by atoms with Crippen molar-refractivity contribution in [2.45, 2.75) is 32.9 Å². The smallest absolute Gasteiger partial charge is 0.146 e. The van der Waals surface area contributed by atoms with E-state index in [1.54, 1.807) is 32.4 Å². The zero-order valence-corrected chi connectivity index (χ0v) is 21.4. The predicted octanol–water partition coefficient (Wildman–Crippen LogP) is 7.00. The highest BCUT2D eigenvalue weighted by molar-refractivity contribution is 9.10. The first-order valence-electron chi connectivity index (χ1n) is 11.3. The topological polar surface area (TPSA) is 48.3 Å². The molecule has 3 aromatic carbocycles. The molecule has 1 heterocycles. The van der Waals surface area contributed by atoms with E-state index >= 15 is 0 Å². The molecule has 0 atom stereocenters. The Kier molecular flexibility index (Phi) is 7.54. The van der Waals surface area contributed by atoms with Gasteiger partial charge in [0.15, 0.2) is 0 Å². The van der Waals surface area contributed by atoms with Crippen LogP contribution >= 0.6 is 15.9 Å². The Labute approximate surface area is 208 Å². The van der Waals surface area contributed by atoms with Gasteiger partial charge in [0.05, 0.1) is 23.9 Å². The van der Waals surface area contributed by atoms with Gasteiger partial charge in [-0.2, -0.15) is 0 Å². The summed E-state index contributed by atoms with van der Waals surface area (Å²) in [5, 5.41) is 3.18. The molecule has 0 radical (unpaired) electrons. The van der Waals surface area contributed by atoms with Gasteiger partial charge in [0, 0.05) is 25.8 Å². The van der Waals surface area contributed by atoms with Crippen LogP contribution in [-0.4, -0.2) is 30.4 Å². The highest BCUT2D eigenvalue weighted by Crippen LogP contribution is 2.38. The first kappa shape index (κ1) is 24.2. The van der Waals surface area contributed by atoms with E-state index in [9.17, 15) is 4.39 Å². The van der Waals surface area contributed by atoms with E-state index < -0.39 is 0 Å². The van der Waals surface area contributed by atoms with Gasteiger partial charge in [0.1, 0.15) is 28.4 Å². The van der Waals surface area contributed by atoms with Gasteiger partial charge in [0.2, 0.25) is 0 Å². The molecule has 4 aromatic rings. The maximum Gasteiger partial charge on any atom is 0.146 e. The van der Waals surface area contributed by atoms with E-state index in [0.717, 1.165) is 32.5 Å². The number of imidazole rings is 1. The minimum absolute atomic E-state index is 0.289. The zero-order valence-electron chi connectivity index (χ0n) is 19.9. The van der Waals surface area contributed by atoms with Crippen molar-refractivity contribution in [1.29, 1.82) is 0 Å². The molecular weight excluding hydrogens is 497 g/mol. The molecule has 5 nitrogen and oxygen atoms in total. The lowest BCUT2D eigenvalue weighted by molar-refractivity contribution is 0.188. The minimum atomic E-state index is -0.289. The van der Waals surface area contributed by atoms with Crippen LogP contribution in [0.5, 0.6) is 5.75 Å². The number of hydrogen-bond acceptors (Lipinski definition) is 4. The quantitative estimate of drug-likeness (QED) is 0.255. The van der Waals surface area contributed by atoms with E-state index in [1.807, 2.05) is 6.07 Å². The van der Waals surface area contributed by atoms with Crippen LogP contribution in [0.4, 0.5) is 10.1 Å². The molecule has 0 saturated heterocycles. The van der Waals surface area contributed by atoms with Crippen molar-refractivity contribution in [1.82, 2.24) is 9.55 Å². The van der Waals surface area contributed by atoms with Gasteiger partial charge in [-0.3, -0.25) is 0 Å². The Balaban J connectivity index is 1.81. The van der Waals surface area contributed by atoms with Gasteiger partial charge in [-0.1, -0.05) is 50.2 Å². The van der Waals surface area contributed by atoms with E-state index in [0.29, 0.717) is 37.1 Å². The highest BCUT2D eigenvalue weighted by atomic mass is 79.9. The van der Waals surface area contributed by atoms with E-state index in [2.05, 4.69) is 63.9 Å². The van der Waals surface area contributed by atoms with Crippen LogP contribution in [0, 0.1) is 5.82 Å². The Morgan fingerprint density at radius 3 is 2.47 bits per heavy atom. The molecule has 4 rings (SSSR count). The molecule has 1 aromatic heterocycles. The lowest BCUT2D eigenvalue weighted by Crippen LogP contribution is -2.07. The Morgan fingerprint density at radius 1 is 1.09 bits per heavy atom. The fourth-order valence-electron chi connectivity index (χ4n) is 4.01. The first-order chi connectivity index (χ1) is 16.4. The number of fused-ring (bicyclic) bond motifs is 1. The molecule has 0 aliphatic heterocycles. The minimum Gasteiger partial charge on any atom is -0.494 e. The molecule has 1 N–H and O–H groups in total. The standard InChI is InChI=1S/C27H29BrFN3O2/c1-17(2)18-9-11-19(12-10-18)27-31-25-24(28)20(16-30-22-8-6-5-7-21(22)29)15-23(34-4)26(25)32(27)13-14-33-3/h5-12,15,17,30H,13-14,16H2,1-4H3. The lowest BCUT2D eigenvalue weighted by atomic mass is 10.0. The van der Waals surface area contributed by atoms with Gasteiger partial charge >= 0.3 is 0 Å². The average molecular weight is 526 g/mol. The fraction of sp³-hybridized carbons (Fsp3) is 0.296. The lowest BCUT2D eigenvalue weighted by Gasteiger charge is -2.14. The average Bonchev–Trinajstić information content (AvgIpc) is 3.23. The maximum atomic E-state index is 14.1. The summed E-state index contributed by atoms with van der Waals surface area (Å²) in [7, 11) is 3.34. The van der Waals surface area contributed by atoms with Crippen LogP contribution in [0.25, 0.3) is 22.4 Å². The SMILES string of the molecule is COCCn1c(-c2ccc(C(C)C)cc2)nc2c(Br)c(CNc3ccccc3F)cc(OC)c21. The molecule has 0 bridgehead atoms. The zero-order chi connectivity index (χ0) is 24.2. The Bertz CT molecular complexity index is 1290. The van der Waals surface area contributed by atoms with E-state index in [-0.39, 0.29) is 5.82 Å². The van der Waals surface area contributed by atoms with Crippen molar-refractivity contribution in [2.24, 2.45) is 0 Å². The maximum absolute atomic E-state index is 14.1. The molecule has 0 aliphatic rings. The Morgan fingerprint density at radius 2 is 1.82 bits per heavy atom. The predicted molar refractivity (Wildman–Crippen MR) is 139 cm³/mol. The summed E-state index contributed by atoms with van der Waals surface area (Å²) in [6, 6.07) is 17.1. The second kappa shape index (κ2) is 10.6. The highest BCUT2D eigenvalue weighted by Gasteiger charge is 2.21. The number of anilines is 1. The summed E-state index contributed by atoms with van der Waals surface area (Å²) in [4.78, 5) is 5.03. The number of hydrogen-bond donors (Lipinski definition) is 1. The number of benzene rings is 3. The number of para-hydroxylation sites is 1. The third kappa shape index (κ3) is 4.81. The summed E-state index contributed by atoms with van der Waals surface area (Å²) in [5.41, 5.74) is 5.36. The molecular formula is C27H29BrFN3O2. The normalized spacial score (nSPS) is 11.4. The molecule has 7 heteroatoms. The van der Waals surface area contributed by atoms with Crippen LogP contribution in [0.1, 0.15) is 30.9 Å². The molecule has 0 spiro atoms. The molecule has 0 amide bonds. The number of nitrogens with one attached hydrogen (secondary N) is 1. The van der Waals surface area contributed by atoms with Gasteiger partial charge in [-0.25, -0.2) is 9.37 Å². The third-order valence-electron chi connectivity index (χ3n) is 5.91. The third-order valence-corrected chi connectivity index (χ3v) is 6.80. The molecule has 0 saturated carbocycles. The van der Waals surface area contributed by atoms with Crippen molar-refractivity contribution >= 4 is 32.7 Å². The van der Waals surface area contributed by atoms with Crippen molar-refractivity contribution in [3.05, 3.63) is 76.0 Å². The second-order valence-electron chi connectivity index (χ2n) is 8.44. The number of ether oxygens (including phenoxy) is 2. The number of aromatic nitrogens is 2. The largest absolute Gasteiger partial charge is 0.494 e. The molecule has 178 valence electrons. The number of halogens is 2. The number of nitrogens with zero attached hydrogens (tertiary/aromatic N) is 2. The van der Waals surface area contributed by atoms with Gasteiger partial charge in [0.25, 0.3) is 0 Å². The van der Waals surface area contributed by atoms with Gasteiger partial charge in [-0.05, 0) is 51.2 Å². The fourth-order valence-corrected chi connectivity index (χ4v) is 4.55. The molecule has 0 fully saturated rings. The molecule has 0 aliphatic carbocycles. The molecule has 34 heavy (non-hydrogen) atoms. The summed E-state index contributed by atoms with van der Waals surface area (Å²) < 4.78 is 28.3. The van der Waals surface area contributed by atoms with Gasteiger partial charge in [-0.15, -0.1) is 0 Å². The van der Waals surface area contributed by atoms with Gasteiger partial charge < -0.3 is 19.4 Å². The monoisotopic (exact) mass is 525 g/mol. The van der Waals surface area contributed by atoms with Crippen LogP contribution in [0.3, 0.4) is 0 Å². The van der Waals surface area contributed by atoms with E-state index in [1.165, 1.54) is 11.6 Å². The van der Waals surface area contributed by atoms with Crippen molar-refractivity contribution in [3.8, 4) is 17.1 Å². The summed E-state index contributed by atoms with van der Waals surface area (Å²) in [6.45, 7) is 5.95. The van der Waals surface area contributed by atoms with Crippen molar-refractivity contribution in [3.63, 3.8) is 0 Å². The van der Waals surface area contributed by atoms with Crippen LogP contribution < -0.4 is 10.1 Å². The Hall–Kier alpha value is -2.90. The van der Waals surface area contributed by atoms with Crippen LogP contribution in [0.15, 0.2) is 59.1 Å². The first-order valence-corrected chi connectivity index (χ1v) is 12.1. The van der Waals surface area contributed by atoms with Crippen LogP contribution in [0.2, 0.25) is 0 Å². The number of methoxy groups -OCH3 is 2. The van der Waals surface area contributed by atoms with Crippen molar-refractivity contribution in [2.75, 3.05) is 26.1 Å².